The molecular weight excluding hydrogens is 1610 g/mol. The second-order valence-electron chi connectivity index (χ2n) is 20.9. The first kappa shape index (κ1) is 90.7. The maximum absolute atomic E-state index is 13.0. The van der Waals surface area contributed by atoms with Gasteiger partial charge < -0.3 is 80.2 Å². The molecule has 10 amide bonds. The molecule has 0 aliphatic heterocycles. The molecule has 6 aromatic rings. The summed E-state index contributed by atoms with van der Waals surface area (Å²) in [7, 11) is -7.76. The Balaban J connectivity index is 0.000000637. The van der Waals surface area contributed by atoms with Crippen molar-refractivity contribution in [2.75, 3.05) is 77.0 Å². The van der Waals surface area contributed by atoms with Gasteiger partial charge >= 0.3 is 81.8 Å². The van der Waals surface area contributed by atoms with Crippen LogP contribution in [-0.4, -0.2) is 178 Å². The van der Waals surface area contributed by atoms with E-state index in [1.165, 1.54) is 31.2 Å². The van der Waals surface area contributed by atoms with Crippen LogP contribution in [0.3, 0.4) is 0 Å². The number of primary sulfonamides is 2. The molecule has 0 atom stereocenters. The molecule has 0 bridgehead atoms. The van der Waals surface area contributed by atoms with Crippen LogP contribution in [0.25, 0.3) is 49.8 Å². The van der Waals surface area contributed by atoms with E-state index in [1.54, 1.807) is 45.8 Å². The van der Waals surface area contributed by atoms with Crippen molar-refractivity contribution in [3.8, 4) is 33.9 Å². The summed E-state index contributed by atoms with van der Waals surface area (Å²) >= 11 is 0.260. The van der Waals surface area contributed by atoms with E-state index in [9.17, 15) is 69.6 Å². The first-order valence-corrected chi connectivity index (χ1v) is 38.1. The van der Waals surface area contributed by atoms with Crippen LogP contribution in [-0.2, 0) is 124 Å². The van der Waals surface area contributed by atoms with Crippen LogP contribution < -0.4 is 80.9 Å². The minimum atomic E-state index is -5.94. The van der Waals surface area contributed by atoms with E-state index in [0.29, 0.717) is 68.1 Å². The number of aryl methyl sites for hydroxylation is 2. The maximum atomic E-state index is 13.0. The van der Waals surface area contributed by atoms with Gasteiger partial charge in [-0.2, -0.15) is 10.2 Å². The first-order chi connectivity index (χ1) is 48.1. The normalized spacial score (nSPS) is 10.7. The molecular formula is C60H70N16NaO20S4Tc2. The summed E-state index contributed by atoms with van der Waals surface area (Å²) in [6.07, 6.45) is 2.12. The topological polar surface area (TPSA) is 562 Å². The molecule has 549 valence electrons. The second kappa shape index (κ2) is 46.4. The average molecular weight is 1680 g/mol. The predicted octanol–water partition coefficient (Wildman–Crippen LogP) is -3.55. The number of nitrogens with one attached hydrogen (secondary N) is 7. The number of benzene rings is 4. The Morgan fingerprint density at radius 3 is 1.17 bits per heavy atom. The Labute approximate surface area is 636 Å². The number of carbonyl (C=O) groups excluding carboxylic acids is 11. The van der Waals surface area contributed by atoms with Crippen LogP contribution in [0.4, 0.5) is 0 Å². The molecule has 0 aliphatic rings. The van der Waals surface area contributed by atoms with Gasteiger partial charge in [-0.25, -0.2) is 36.5 Å². The number of unbranched alkanes of at least 4 members (excludes halogenated alkanes) is 2. The number of nitrogens with two attached hydrogens (primary N) is 2. The zero-order valence-corrected chi connectivity index (χ0v) is 64.5. The number of aromatic nitrogens is 4. The Morgan fingerprint density at radius 2 is 0.825 bits per heavy atom. The van der Waals surface area contributed by atoms with Gasteiger partial charge in [-0.05, 0) is 107 Å². The van der Waals surface area contributed by atoms with E-state index in [1.807, 2.05) is 62.4 Å². The molecule has 0 radical (unpaired) electrons. The number of hydrogen-bond acceptors (Lipinski definition) is 24. The molecule has 0 spiro atoms. The van der Waals surface area contributed by atoms with Gasteiger partial charge in [0.05, 0.1) is 57.9 Å². The third kappa shape index (κ3) is 36.6. The SMILES string of the molecule is CC(=O)SCC(=O)NCC(=O)NCC(=O)NCC(=O)NCCCCNC(=O)c1cc(-c2ccc(C)cc2)n(-c2ccc(S(N)(=O)=O)cc2)n1.Cc1ccc(-c2cc(C(=O)NCCCCNC(=O)C[N-]C(=O)C[N-]C(=O)C[N-]C(=O)C[S-])nn2-c2ccc(S(N)(=O)=O)cc2)cc1.[Na+].[O]=[99Tc+4].[O]=[Tc](=[O])(=[O])[O-]. The van der Waals surface area contributed by atoms with Gasteiger partial charge in [0.25, 0.3) is 11.8 Å². The summed E-state index contributed by atoms with van der Waals surface area (Å²) in [5.41, 5.74) is 6.31. The molecule has 103 heavy (non-hydrogen) atoms. The number of nitrogens with zero attached hydrogens (tertiary/aromatic N) is 7. The van der Waals surface area contributed by atoms with Crippen LogP contribution >= 0.6 is 11.8 Å². The van der Waals surface area contributed by atoms with E-state index in [2.05, 4.69) is 76.0 Å². The third-order valence-electron chi connectivity index (χ3n) is 12.9. The molecule has 6 rings (SSSR count). The molecule has 0 saturated carbocycles. The van der Waals surface area contributed by atoms with Crippen molar-refractivity contribution >= 4 is 109 Å². The van der Waals surface area contributed by atoms with Gasteiger partial charge in [-0.1, -0.05) is 84.5 Å². The molecule has 0 saturated heterocycles. The zero-order valence-electron chi connectivity index (χ0n) is 55.5. The number of rotatable bonds is 33. The van der Waals surface area contributed by atoms with Gasteiger partial charge in [-0.15, -0.1) is 5.75 Å². The Morgan fingerprint density at radius 1 is 0.505 bits per heavy atom. The monoisotopic (exact) mass is 1680 g/mol. The number of carbonyl (C=O) groups is 11. The molecule has 43 heteroatoms. The van der Waals surface area contributed by atoms with Crippen LogP contribution in [0.2, 0.25) is 0 Å². The summed E-state index contributed by atoms with van der Waals surface area (Å²) in [5.74, 6) is -5.99. The summed E-state index contributed by atoms with van der Waals surface area (Å²) in [5, 5.41) is 47.4. The number of hydrogen-bond donors (Lipinski definition) is 9. The van der Waals surface area contributed by atoms with Crippen molar-refractivity contribution in [3.05, 3.63) is 148 Å². The standard InChI is InChI=1S/C31H38N8O8S2.C29H36N8O7S2.Na.5O.2Tc/c1-20-5-7-22(8-6-20)26-15-25(38-39(26)23-9-11-24(12-10-23)49(32,46)47)31(45)34-14-4-3-13-33-27(41)16-35-28(42)17-36-29(43)18-37-30(44)19-48-21(2)40;1-19-4-6-20(7-5-19)24-14-23(36-37(24)21-8-10-22(11-9-21)46(30,43)44)29(42)32-13-3-2-12-31-25(38)15-33-26(39)16-34-27(40)17-35-28(41)18-45;;;;;;;;/h5-12,15H,3-4,13-14,16-19H2,1-2H3,(H,33,41)(H,34,45)(H,35,42)(H,36,43)(H,37,44)(H2,32,46,47);4-11,14H,2-3,12-13,15-18H2,1H3,(H8,30,31,32,33,34,35,38,39,40,41,42,43,44,45);;;;;;;;/q;;+1;;;;;-1;+4;/p-4/i;;;;;;;;1+1;. The van der Waals surface area contributed by atoms with E-state index in [-0.39, 0.29) is 93.5 Å². The Bertz CT molecular complexity index is 4330. The Kier molecular flexibility index (Phi) is 40.9. The average Bonchev–Trinajstić information content (AvgIpc) is 1.64. The van der Waals surface area contributed by atoms with Gasteiger partial charge in [-0.3, -0.25) is 38.4 Å². The molecule has 2 heterocycles. The van der Waals surface area contributed by atoms with Crippen LogP contribution in [0.1, 0.15) is 64.7 Å². The van der Waals surface area contributed by atoms with Crippen molar-refractivity contribution in [1.29, 1.82) is 0 Å². The number of thioether (sulfide) groups is 1. The van der Waals surface area contributed by atoms with Crippen LogP contribution in [0.15, 0.2) is 119 Å². The van der Waals surface area contributed by atoms with Crippen molar-refractivity contribution < 1.29 is 151 Å². The number of amides is 10. The fraction of sp³-hybridized carbons (Fsp3) is 0.317. The van der Waals surface area contributed by atoms with E-state index >= 15 is 0 Å². The van der Waals surface area contributed by atoms with Gasteiger partial charge in [0.2, 0.25) is 49.6 Å². The molecule has 0 aliphatic carbocycles. The Hall–Kier alpha value is -8.35. The zero-order chi connectivity index (χ0) is 76.2. The van der Waals surface area contributed by atoms with Crippen LogP contribution in [0.5, 0.6) is 0 Å². The van der Waals surface area contributed by atoms with Gasteiger partial charge in [0.1, 0.15) is 0 Å². The van der Waals surface area contributed by atoms with Crippen molar-refractivity contribution in [2.45, 2.75) is 56.2 Å². The van der Waals surface area contributed by atoms with Crippen LogP contribution in [0, 0.1) is 13.8 Å². The van der Waals surface area contributed by atoms with Gasteiger partial charge in [0.15, 0.2) is 16.5 Å². The first-order valence-electron chi connectivity index (χ1n) is 29.7. The van der Waals surface area contributed by atoms with E-state index in [4.69, 9.17) is 28.2 Å². The molecule has 0 unspecified atom stereocenters. The quantitative estimate of drug-likeness (QED) is 0.0109. The summed E-state index contributed by atoms with van der Waals surface area (Å²) in [4.78, 5) is 130. The molecule has 4 aromatic carbocycles. The van der Waals surface area contributed by atoms with Crippen molar-refractivity contribution in [2.24, 2.45) is 10.3 Å². The molecule has 2 aromatic heterocycles. The number of sulfonamides is 2. The van der Waals surface area contributed by atoms with Gasteiger partial charge in [0, 0.05) is 62.0 Å². The summed E-state index contributed by atoms with van der Waals surface area (Å²) in [6, 6.07) is 30.2. The van der Waals surface area contributed by atoms with Crippen molar-refractivity contribution in [1.82, 2.24) is 56.8 Å². The molecule has 36 nitrogen and oxygen atoms in total. The minimum absolute atomic E-state index is 0. The summed E-state index contributed by atoms with van der Waals surface area (Å²) in [6.45, 7) is 3.86. The summed E-state index contributed by atoms with van der Waals surface area (Å²) < 4.78 is 92.5. The molecule has 11 N–H and O–H groups in total. The van der Waals surface area contributed by atoms with Crippen molar-refractivity contribution in [3.63, 3.8) is 0 Å². The molecule has 0 fully saturated rings. The van der Waals surface area contributed by atoms with E-state index < -0.39 is 114 Å². The fourth-order valence-corrected chi connectivity index (χ4v) is 9.51. The second-order valence-corrected chi connectivity index (χ2v) is 27.3. The predicted molar refractivity (Wildman–Crippen MR) is 356 cm³/mol. The fourth-order valence-electron chi connectivity index (χ4n) is 7.95. The van der Waals surface area contributed by atoms with E-state index in [0.717, 1.165) is 52.9 Å². The third-order valence-corrected chi connectivity index (χ3v) is 15.8.